The maximum atomic E-state index is 5.94. The van der Waals surface area contributed by atoms with Gasteiger partial charge in [0.25, 0.3) is 0 Å². The van der Waals surface area contributed by atoms with Crippen LogP contribution in [-0.2, 0) is 10.6 Å². The molecule has 1 unspecified atom stereocenters. The highest BCUT2D eigenvalue weighted by Crippen LogP contribution is 2.25. The van der Waals surface area contributed by atoms with Crippen molar-refractivity contribution in [3.05, 3.63) is 24.0 Å². The second-order valence-corrected chi connectivity index (χ2v) is 4.24. The molecule has 0 radical (unpaired) electrons. The molecule has 1 aromatic heterocycles. The smallest absolute Gasteiger partial charge is 0.0670 e. The van der Waals surface area contributed by atoms with E-state index in [1.165, 1.54) is 5.69 Å². The van der Waals surface area contributed by atoms with Crippen molar-refractivity contribution in [1.29, 1.82) is 0 Å². The van der Waals surface area contributed by atoms with Crippen LogP contribution < -0.4 is 4.90 Å². The molecule has 1 aliphatic rings. The van der Waals surface area contributed by atoms with E-state index in [2.05, 4.69) is 16.8 Å². The minimum Gasteiger partial charge on any atom is -0.377 e. The number of alkyl halides is 1. The molecule has 1 saturated heterocycles. The lowest BCUT2D eigenvalue weighted by Gasteiger charge is -2.37. The summed E-state index contributed by atoms with van der Waals surface area (Å²) in [6, 6.07) is 2.50. The summed E-state index contributed by atoms with van der Waals surface area (Å²) >= 11 is 5.94. The fourth-order valence-electron chi connectivity index (χ4n) is 2.11. The zero-order valence-electron chi connectivity index (χ0n) is 9.53. The summed E-state index contributed by atoms with van der Waals surface area (Å²) in [4.78, 5) is 6.51. The summed E-state index contributed by atoms with van der Waals surface area (Å²) in [5, 5.41) is 0. The van der Waals surface area contributed by atoms with Crippen LogP contribution >= 0.6 is 11.6 Å². The molecule has 0 N–H and O–H groups in total. The third-order valence-electron chi connectivity index (χ3n) is 3.03. The average molecular weight is 241 g/mol. The Morgan fingerprint density at radius 1 is 1.62 bits per heavy atom. The largest absolute Gasteiger partial charge is 0.377 e. The van der Waals surface area contributed by atoms with Crippen molar-refractivity contribution in [2.45, 2.75) is 25.3 Å². The van der Waals surface area contributed by atoms with Gasteiger partial charge in [0.05, 0.1) is 25.1 Å². The number of halogens is 1. The van der Waals surface area contributed by atoms with Crippen molar-refractivity contribution in [3.8, 4) is 0 Å². The Morgan fingerprint density at radius 3 is 3.25 bits per heavy atom. The third kappa shape index (κ3) is 2.30. The molecule has 0 aromatic carbocycles. The van der Waals surface area contributed by atoms with Crippen molar-refractivity contribution in [2.75, 3.05) is 24.7 Å². The van der Waals surface area contributed by atoms with Gasteiger partial charge in [-0.15, -0.1) is 11.6 Å². The van der Waals surface area contributed by atoms with Gasteiger partial charge in [-0.1, -0.05) is 6.92 Å². The number of pyridine rings is 1. The van der Waals surface area contributed by atoms with Gasteiger partial charge < -0.3 is 9.64 Å². The molecule has 0 spiro atoms. The fraction of sp³-hybridized carbons (Fsp3) is 0.583. The fourth-order valence-corrected chi connectivity index (χ4v) is 2.32. The minimum atomic E-state index is 0.457. The van der Waals surface area contributed by atoms with Crippen LogP contribution in [0.25, 0.3) is 0 Å². The molecule has 0 amide bonds. The maximum Gasteiger partial charge on any atom is 0.0670 e. The number of ether oxygens (including phenoxy) is 1. The Balaban J connectivity index is 2.26. The number of rotatable bonds is 3. The number of nitrogens with zero attached hydrogens (tertiary/aromatic N) is 2. The molecule has 2 heterocycles. The molecule has 1 fully saturated rings. The molecule has 3 nitrogen and oxygen atoms in total. The van der Waals surface area contributed by atoms with E-state index in [4.69, 9.17) is 16.3 Å². The highest BCUT2D eigenvalue weighted by molar-refractivity contribution is 6.17. The first-order valence-corrected chi connectivity index (χ1v) is 6.23. The van der Waals surface area contributed by atoms with E-state index in [-0.39, 0.29) is 0 Å². The van der Waals surface area contributed by atoms with Gasteiger partial charge in [-0.3, -0.25) is 4.98 Å². The number of aromatic nitrogens is 1. The van der Waals surface area contributed by atoms with Crippen molar-refractivity contribution in [3.63, 3.8) is 0 Å². The van der Waals surface area contributed by atoms with E-state index < -0.39 is 0 Å². The molecule has 16 heavy (non-hydrogen) atoms. The van der Waals surface area contributed by atoms with Crippen molar-refractivity contribution >= 4 is 17.3 Å². The number of morpholine rings is 1. The molecule has 4 heteroatoms. The van der Waals surface area contributed by atoms with Gasteiger partial charge in [-0.05, 0) is 12.5 Å². The first-order chi connectivity index (χ1) is 7.86. The van der Waals surface area contributed by atoms with Crippen LogP contribution in [0.2, 0.25) is 0 Å². The quantitative estimate of drug-likeness (QED) is 0.759. The van der Waals surface area contributed by atoms with Crippen molar-refractivity contribution in [1.82, 2.24) is 4.98 Å². The Kier molecular flexibility index (Phi) is 4.02. The lowest BCUT2D eigenvalue weighted by Crippen LogP contribution is -2.45. The standard InChI is InChI=1S/C12H17ClN2O/c1-2-11-9-16-6-5-15(11)12-3-4-14-8-10(12)7-13/h3-4,8,11H,2,5-7,9H2,1H3. The first-order valence-electron chi connectivity index (χ1n) is 5.70. The predicted octanol–water partition coefficient (Wildman–Crippen LogP) is 2.44. The van der Waals surface area contributed by atoms with Crippen LogP contribution in [0.4, 0.5) is 5.69 Å². The molecule has 0 bridgehead atoms. The van der Waals surface area contributed by atoms with E-state index in [1.54, 1.807) is 0 Å². The van der Waals surface area contributed by atoms with Gasteiger partial charge in [0.1, 0.15) is 0 Å². The van der Waals surface area contributed by atoms with E-state index in [1.807, 2.05) is 18.5 Å². The predicted molar refractivity (Wildman–Crippen MR) is 66.0 cm³/mol. The van der Waals surface area contributed by atoms with Gasteiger partial charge in [0.2, 0.25) is 0 Å². The van der Waals surface area contributed by atoms with E-state index in [0.29, 0.717) is 11.9 Å². The Morgan fingerprint density at radius 2 is 2.50 bits per heavy atom. The van der Waals surface area contributed by atoms with E-state index in [0.717, 1.165) is 31.7 Å². The average Bonchev–Trinajstić information content (AvgIpc) is 2.38. The SMILES string of the molecule is CCC1COCCN1c1ccncc1CCl. The highest BCUT2D eigenvalue weighted by atomic mass is 35.5. The maximum absolute atomic E-state index is 5.94. The first kappa shape index (κ1) is 11.7. The molecule has 0 aliphatic carbocycles. The van der Waals surface area contributed by atoms with Gasteiger partial charge in [-0.2, -0.15) is 0 Å². The Hall–Kier alpha value is -0.800. The summed E-state index contributed by atoms with van der Waals surface area (Å²) in [6.45, 7) is 4.72. The third-order valence-corrected chi connectivity index (χ3v) is 3.32. The van der Waals surface area contributed by atoms with Gasteiger partial charge in [0, 0.05) is 30.2 Å². The molecule has 0 saturated carbocycles. The topological polar surface area (TPSA) is 25.4 Å². The second kappa shape index (κ2) is 5.51. The van der Waals surface area contributed by atoms with Crippen molar-refractivity contribution < 1.29 is 4.74 Å². The van der Waals surface area contributed by atoms with Crippen molar-refractivity contribution in [2.24, 2.45) is 0 Å². The number of anilines is 1. The molecule has 1 atom stereocenters. The monoisotopic (exact) mass is 240 g/mol. The summed E-state index contributed by atoms with van der Waals surface area (Å²) in [5.74, 6) is 0.511. The molecule has 1 aliphatic heterocycles. The van der Waals surface area contributed by atoms with Gasteiger partial charge in [0.15, 0.2) is 0 Å². The normalized spacial score (nSPS) is 21.1. The second-order valence-electron chi connectivity index (χ2n) is 3.97. The van der Waals surface area contributed by atoms with E-state index in [9.17, 15) is 0 Å². The molecule has 88 valence electrons. The lowest BCUT2D eigenvalue weighted by atomic mass is 10.1. The van der Waals surface area contributed by atoms with Crippen LogP contribution in [-0.4, -0.2) is 30.8 Å². The Labute approximate surface area is 101 Å². The number of hydrogen-bond acceptors (Lipinski definition) is 3. The molecule has 1 aromatic rings. The zero-order chi connectivity index (χ0) is 11.4. The van der Waals surface area contributed by atoms with Crippen LogP contribution in [0.1, 0.15) is 18.9 Å². The number of hydrogen-bond donors (Lipinski definition) is 0. The zero-order valence-corrected chi connectivity index (χ0v) is 10.3. The summed E-state index contributed by atoms with van der Waals surface area (Å²) < 4.78 is 5.51. The summed E-state index contributed by atoms with van der Waals surface area (Å²) in [5.41, 5.74) is 2.31. The van der Waals surface area contributed by atoms with Gasteiger partial charge >= 0.3 is 0 Å². The summed E-state index contributed by atoms with van der Waals surface area (Å²) in [6.07, 6.45) is 4.77. The van der Waals surface area contributed by atoms with Gasteiger partial charge in [-0.25, -0.2) is 0 Å². The molecule has 2 rings (SSSR count). The minimum absolute atomic E-state index is 0.457. The molecular formula is C12H17ClN2O. The summed E-state index contributed by atoms with van der Waals surface area (Å²) in [7, 11) is 0. The van der Waals surface area contributed by atoms with Crippen LogP contribution in [0.3, 0.4) is 0 Å². The lowest BCUT2D eigenvalue weighted by molar-refractivity contribution is 0.0929. The van der Waals surface area contributed by atoms with E-state index >= 15 is 0 Å². The molecular weight excluding hydrogens is 224 g/mol. The van der Waals surface area contributed by atoms with Crippen LogP contribution in [0.15, 0.2) is 18.5 Å². The highest BCUT2D eigenvalue weighted by Gasteiger charge is 2.23. The van der Waals surface area contributed by atoms with Crippen LogP contribution in [0, 0.1) is 0 Å². The van der Waals surface area contributed by atoms with Crippen LogP contribution in [0.5, 0.6) is 0 Å². The Bertz CT molecular complexity index is 346.